The van der Waals surface area contributed by atoms with Crippen LogP contribution in [0.1, 0.15) is 31.4 Å². The first-order valence-corrected chi connectivity index (χ1v) is 5.49. The van der Waals surface area contributed by atoms with Crippen LogP contribution in [-0.4, -0.2) is 22.1 Å². The van der Waals surface area contributed by atoms with Crippen molar-refractivity contribution >= 4 is 5.82 Å². The van der Waals surface area contributed by atoms with Gasteiger partial charge in [-0.25, -0.2) is 9.97 Å². The molecule has 1 aromatic rings. The van der Waals surface area contributed by atoms with E-state index in [1.165, 1.54) is 19.0 Å². The summed E-state index contributed by atoms with van der Waals surface area (Å²) >= 11 is 0. The van der Waals surface area contributed by atoms with Crippen molar-refractivity contribution in [3.05, 3.63) is 18.1 Å². The smallest absolute Gasteiger partial charge is 0.182 e. The number of nitriles is 1. The molecule has 0 aliphatic heterocycles. The van der Waals surface area contributed by atoms with Gasteiger partial charge >= 0.3 is 0 Å². The Morgan fingerprint density at radius 1 is 1.38 bits per heavy atom. The number of nitrogens with one attached hydrogen (secondary N) is 1. The van der Waals surface area contributed by atoms with Gasteiger partial charge in [-0.3, -0.25) is 0 Å². The molecule has 0 aromatic carbocycles. The number of aromatic nitrogens is 2. The van der Waals surface area contributed by atoms with E-state index < -0.39 is 0 Å². The van der Waals surface area contributed by atoms with Crippen LogP contribution in [-0.2, 0) is 0 Å². The molecule has 0 radical (unpaired) electrons. The molecule has 0 amide bonds. The van der Waals surface area contributed by atoms with Crippen LogP contribution in [0.4, 0.5) is 5.82 Å². The van der Waals surface area contributed by atoms with E-state index in [4.69, 9.17) is 11.0 Å². The first-order chi connectivity index (χ1) is 7.79. The van der Waals surface area contributed by atoms with E-state index in [1.807, 2.05) is 6.07 Å². The van der Waals surface area contributed by atoms with Crippen molar-refractivity contribution in [2.24, 2.45) is 5.73 Å². The second-order valence-corrected chi connectivity index (χ2v) is 4.18. The van der Waals surface area contributed by atoms with Gasteiger partial charge in [0.05, 0.1) is 5.54 Å². The number of hydrogen-bond acceptors (Lipinski definition) is 5. The van der Waals surface area contributed by atoms with Crippen molar-refractivity contribution in [3.8, 4) is 6.07 Å². The van der Waals surface area contributed by atoms with E-state index in [-0.39, 0.29) is 5.54 Å². The van der Waals surface area contributed by atoms with E-state index in [0.29, 0.717) is 18.1 Å². The zero-order valence-electron chi connectivity index (χ0n) is 9.11. The summed E-state index contributed by atoms with van der Waals surface area (Å²) in [6.45, 7) is 0.564. The minimum atomic E-state index is -0.0956. The van der Waals surface area contributed by atoms with Crippen molar-refractivity contribution in [1.29, 1.82) is 5.26 Å². The van der Waals surface area contributed by atoms with Crippen LogP contribution >= 0.6 is 0 Å². The predicted molar refractivity (Wildman–Crippen MR) is 60.6 cm³/mol. The molecule has 1 saturated carbocycles. The van der Waals surface area contributed by atoms with Crippen molar-refractivity contribution in [2.75, 3.05) is 11.9 Å². The Kier molecular flexibility index (Phi) is 3.02. The molecule has 1 fully saturated rings. The zero-order valence-corrected chi connectivity index (χ0v) is 9.11. The number of nitrogens with zero attached hydrogens (tertiary/aromatic N) is 3. The molecule has 2 rings (SSSR count). The normalized spacial score (nSPS) is 18.0. The molecule has 1 aliphatic rings. The molecule has 0 bridgehead atoms. The van der Waals surface area contributed by atoms with Crippen LogP contribution in [0, 0.1) is 11.3 Å². The Hall–Kier alpha value is -1.67. The van der Waals surface area contributed by atoms with E-state index >= 15 is 0 Å². The Balaban J connectivity index is 2.23. The fraction of sp³-hybridized carbons (Fsp3) is 0.545. The molecule has 0 atom stereocenters. The second kappa shape index (κ2) is 4.45. The Morgan fingerprint density at radius 2 is 2.06 bits per heavy atom. The Bertz CT molecular complexity index is 403. The molecule has 3 N–H and O–H groups in total. The number of nitrogens with two attached hydrogens (primary N) is 1. The zero-order chi connectivity index (χ0) is 11.4. The average Bonchev–Trinajstić information content (AvgIpc) is 2.79. The Labute approximate surface area is 94.7 Å². The van der Waals surface area contributed by atoms with Gasteiger partial charge < -0.3 is 11.1 Å². The third kappa shape index (κ3) is 1.97. The predicted octanol–water partition coefficient (Wildman–Crippen LogP) is 1.03. The van der Waals surface area contributed by atoms with Gasteiger partial charge in [0, 0.05) is 18.9 Å². The molecular weight excluding hydrogens is 202 g/mol. The molecule has 5 nitrogen and oxygen atoms in total. The lowest BCUT2D eigenvalue weighted by Gasteiger charge is -2.29. The van der Waals surface area contributed by atoms with Crippen molar-refractivity contribution < 1.29 is 0 Å². The lowest BCUT2D eigenvalue weighted by Crippen LogP contribution is -2.43. The summed E-state index contributed by atoms with van der Waals surface area (Å²) in [6.07, 6.45) is 7.52. The first kappa shape index (κ1) is 10.8. The van der Waals surface area contributed by atoms with Crippen LogP contribution in [0.5, 0.6) is 0 Å². The maximum atomic E-state index is 8.93. The molecule has 0 saturated heterocycles. The summed E-state index contributed by atoms with van der Waals surface area (Å²) in [7, 11) is 0. The lowest BCUT2D eigenvalue weighted by atomic mass is 9.98. The number of anilines is 1. The molecule has 1 heterocycles. The first-order valence-electron chi connectivity index (χ1n) is 5.49. The number of rotatable bonds is 3. The van der Waals surface area contributed by atoms with Gasteiger partial charge in [0.2, 0.25) is 0 Å². The molecule has 0 spiro atoms. The van der Waals surface area contributed by atoms with Gasteiger partial charge in [-0.15, -0.1) is 0 Å². The summed E-state index contributed by atoms with van der Waals surface area (Å²) in [5, 5.41) is 12.2. The molecule has 1 aliphatic carbocycles. The van der Waals surface area contributed by atoms with Gasteiger partial charge in [0.25, 0.3) is 0 Å². The van der Waals surface area contributed by atoms with Crippen molar-refractivity contribution in [2.45, 2.75) is 31.2 Å². The number of hydrogen-bond donors (Lipinski definition) is 2. The van der Waals surface area contributed by atoms with Gasteiger partial charge in [0.15, 0.2) is 11.5 Å². The van der Waals surface area contributed by atoms with Crippen molar-refractivity contribution in [3.63, 3.8) is 0 Å². The van der Waals surface area contributed by atoms with Gasteiger partial charge in [-0.1, -0.05) is 12.8 Å². The Morgan fingerprint density at radius 3 is 2.69 bits per heavy atom. The van der Waals surface area contributed by atoms with Crippen molar-refractivity contribution in [1.82, 2.24) is 9.97 Å². The van der Waals surface area contributed by atoms with Crippen LogP contribution in [0.3, 0.4) is 0 Å². The molecule has 5 heteroatoms. The summed E-state index contributed by atoms with van der Waals surface area (Å²) in [6, 6.07) is 2.03. The second-order valence-electron chi connectivity index (χ2n) is 4.18. The monoisotopic (exact) mass is 217 g/mol. The van der Waals surface area contributed by atoms with Gasteiger partial charge in [-0.2, -0.15) is 5.26 Å². The topological polar surface area (TPSA) is 87.6 Å². The molecular formula is C11H15N5. The van der Waals surface area contributed by atoms with Crippen LogP contribution < -0.4 is 11.1 Å². The highest BCUT2D eigenvalue weighted by Gasteiger charge is 2.33. The summed E-state index contributed by atoms with van der Waals surface area (Å²) in [5.41, 5.74) is 6.05. The van der Waals surface area contributed by atoms with Crippen LogP contribution in [0.2, 0.25) is 0 Å². The minimum Gasteiger partial charge on any atom is -0.361 e. The van der Waals surface area contributed by atoms with E-state index in [2.05, 4.69) is 15.3 Å². The SMILES string of the molecule is N#Cc1nccnc1NC1(CN)CCCC1. The van der Waals surface area contributed by atoms with Crippen LogP contribution in [0.15, 0.2) is 12.4 Å². The molecule has 84 valence electrons. The fourth-order valence-electron chi connectivity index (χ4n) is 2.19. The van der Waals surface area contributed by atoms with E-state index in [1.54, 1.807) is 6.20 Å². The average molecular weight is 217 g/mol. The highest BCUT2D eigenvalue weighted by Crippen LogP contribution is 2.32. The van der Waals surface area contributed by atoms with E-state index in [9.17, 15) is 0 Å². The van der Waals surface area contributed by atoms with Gasteiger partial charge in [-0.05, 0) is 12.8 Å². The lowest BCUT2D eigenvalue weighted by molar-refractivity contribution is 0.491. The summed E-state index contributed by atoms with van der Waals surface area (Å²) in [4.78, 5) is 8.13. The quantitative estimate of drug-likeness (QED) is 0.789. The molecule has 16 heavy (non-hydrogen) atoms. The van der Waals surface area contributed by atoms with Crippen LogP contribution in [0.25, 0.3) is 0 Å². The maximum absolute atomic E-state index is 8.93. The standard InChI is InChI=1S/C11H15N5/c12-7-9-10(15-6-5-14-9)16-11(8-13)3-1-2-4-11/h5-6H,1-4,8,13H2,(H,15,16). The third-order valence-corrected chi connectivity index (χ3v) is 3.14. The minimum absolute atomic E-state index is 0.0956. The highest BCUT2D eigenvalue weighted by molar-refractivity contribution is 5.49. The largest absolute Gasteiger partial charge is 0.361 e. The third-order valence-electron chi connectivity index (χ3n) is 3.14. The highest BCUT2D eigenvalue weighted by atomic mass is 15.1. The molecule has 1 aromatic heterocycles. The molecule has 0 unspecified atom stereocenters. The maximum Gasteiger partial charge on any atom is 0.182 e. The summed E-state index contributed by atoms with van der Waals surface area (Å²) < 4.78 is 0. The fourth-order valence-corrected chi connectivity index (χ4v) is 2.19. The van der Waals surface area contributed by atoms with E-state index in [0.717, 1.165) is 12.8 Å². The summed E-state index contributed by atoms with van der Waals surface area (Å²) in [5.74, 6) is 0.553. The van der Waals surface area contributed by atoms with Gasteiger partial charge in [0.1, 0.15) is 6.07 Å².